The van der Waals surface area contributed by atoms with Crippen molar-refractivity contribution in [1.82, 2.24) is 10.3 Å². The topological polar surface area (TPSA) is 63.2 Å². The fourth-order valence-electron chi connectivity index (χ4n) is 2.57. The Kier molecular flexibility index (Phi) is 6.44. The van der Waals surface area contributed by atoms with Gasteiger partial charge in [-0.3, -0.25) is 0 Å². The van der Waals surface area contributed by atoms with E-state index < -0.39 is 0 Å². The lowest BCUT2D eigenvalue weighted by Gasteiger charge is -2.11. The number of nitrogens with zero attached hydrogens (tertiary/aromatic N) is 1. The van der Waals surface area contributed by atoms with Gasteiger partial charge in [-0.2, -0.15) is 0 Å². The van der Waals surface area contributed by atoms with E-state index in [1.54, 1.807) is 11.3 Å². The molecule has 0 unspecified atom stereocenters. The Morgan fingerprint density at radius 2 is 1.93 bits per heavy atom. The lowest BCUT2D eigenvalue weighted by atomic mass is 10.2. The van der Waals surface area contributed by atoms with Gasteiger partial charge in [-0.25, -0.2) is 9.78 Å². The maximum atomic E-state index is 12.1. The number of benzene rings is 2. The first-order valence-corrected chi connectivity index (χ1v) is 9.82. The summed E-state index contributed by atoms with van der Waals surface area (Å²) >= 11 is 1.62. The molecule has 0 bridgehead atoms. The first-order chi connectivity index (χ1) is 13.2. The average Bonchev–Trinajstić information content (AvgIpc) is 3.13. The second-order valence-corrected chi connectivity index (χ2v) is 6.93. The summed E-state index contributed by atoms with van der Waals surface area (Å²) in [5, 5.41) is 8.73. The highest BCUT2D eigenvalue weighted by molar-refractivity contribution is 7.13. The van der Waals surface area contributed by atoms with E-state index in [4.69, 9.17) is 4.74 Å². The van der Waals surface area contributed by atoms with E-state index in [1.807, 2.05) is 36.6 Å². The molecule has 0 spiro atoms. The molecule has 3 aromatic rings. The Morgan fingerprint density at radius 1 is 1.15 bits per heavy atom. The van der Waals surface area contributed by atoms with Gasteiger partial charge in [0.2, 0.25) is 0 Å². The number of aromatic nitrogens is 1. The van der Waals surface area contributed by atoms with Gasteiger partial charge in [-0.15, -0.1) is 11.3 Å². The minimum atomic E-state index is -0.254. The molecule has 0 aliphatic heterocycles. The van der Waals surface area contributed by atoms with Gasteiger partial charge in [0.1, 0.15) is 10.8 Å². The maximum Gasteiger partial charge on any atom is 0.319 e. The van der Waals surface area contributed by atoms with E-state index in [0.29, 0.717) is 31.0 Å². The Morgan fingerprint density at radius 3 is 2.70 bits per heavy atom. The monoisotopic (exact) mass is 381 g/mol. The van der Waals surface area contributed by atoms with E-state index in [0.717, 1.165) is 16.3 Å². The molecule has 0 aliphatic carbocycles. The van der Waals surface area contributed by atoms with Crippen molar-refractivity contribution in [1.29, 1.82) is 0 Å². The molecule has 2 N–H and O–H groups in total. The molecular weight excluding hydrogens is 358 g/mol. The number of amides is 2. The fourth-order valence-corrected chi connectivity index (χ4v) is 3.43. The molecule has 3 rings (SSSR count). The normalized spacial score (nSPS) is 10.4. The molecular formula is C21H23N3O2S. The van der Waals surface area contributed by atoms with Crippen LogP contribution in [-0.4, -0.2) is 24.2 Å². The van der Waals surface area contributed by atoms with Crippen molar-refractivity contribution in [2.45, 2.75) is 20.3 Å². The number of para-hydroxylation sites is 2. The summed E-state index contributed by atoms with van der Waals surface area (Å²) in [5.74, 6) is 0.664. The standard InChI is InChI=1S/C21H23N3O2S/c1-3-26-19-7-5-4-6-18(19)24-21(25)22-13-12-17-14-27-20(23-17)16-10-8-15(2)9-11-16/h4-11,14H,3,12-13H2,1-2H3,(H2,22,24,25). The van der Waals surface area contributed by atoms with Crippen LogP contribution in [0.2, 0.25) is 0 Å². The van der Waals surface area contributed by atoms with Gasteiger partial charge in [0.25, 0.3) is 0 Å². The number of urea groups is 1. The number of carbonyl (C=O) groups excluding carboxylic acids is 1. The number of hydrogen-bond donors (Lipinski definition) is 2. The average molecular weight is 382 g/mol. The molecule has 140 valence electrons. The van der Waals surface area contributed by atoms with E-state index in [9.17, 15) is 4.79 Å². The van der Waals surface area contributed by atoms with Crippen molar-refractivity contribution in [3.05, 3.63) is 65.2 Å². The summed E-state index contributed by atoms with van der Waals surface area (Å²) < 4.78 is 5.51. The van der Waals surface area contributed by atoms with E-state index in [1.165, 1.54) is 5.56 Å². The largest absolute Gasteiger partial charge is 0.492 e. The third-order valence-corrected chi connectivity index (χ3v) is 4.89. The van der Waals surface area contributed by atoms with Crippen LogP contribution in [0.4, 0.5) is 10.5 Å². The van der Waals surface area contributed by atoms with Crippen LogP contribution in [0.5, 0.6) is 5.75 Å². The minimum absolute atomic E-state index is 0.254. The van der Waals surface area contributed by atoms with Crippen LogP contribution in [-0.2, 0) is 6.42 Å². The molecule has 1 aromatic heterocycles. The van der Waals surface area contributed by atoms with Gasteiger partial charge in [0.05, 0.1) is 18.0 Å². The second-order valence-electron chi connectivity index (χ2n) is 6.07. The molecule has 1 heterocycles. The van der Waals surface area contributed by atoms with Crippen LogP contribution in [0.15, 0.2) is 53.9 Å². The Bertz CT molecular complexity index is 890. The Labute approximate surface area is 163 Å². The number of ether oxygens (including phenoxy) is 1. The van der Waals surface area contributed by atoms with Crippen molar-refractivity contribution < 1.29 is 9.53 Å². The molecule has 0 fully saturated rings. The number of nitrogens with one attached hydrogen (secondary N) is 2. The van der Waals surface area contributed by atoms with E-state index in [-0.39, 0.29) is 6.03 Å². The van der Waals surface area contributed by atoms with Gasteiger partial charge in [-0.1, -0.05) is 42.0 Å². The zero-order valence-electron chi connectivity index (χ0n) is 15.5. The van der Waals surface area contributed by atoms with Gasteiger partial charge in [0, 0.05) is 23.9 Å². The van der Waals surface area contributed by atoms with Gasteiger partial charge >= 0.3 is 6.03 Å². The van der Waals surface area contributed by atoms with Crippen LogP contribution < -0.4 is 15.4 Å². The second kappa shape index (κ2) is 9.19. The molecule has 0 radical (unpaired) electrons. The number of rotatable bonds is 7. The van der Waals surface area contributed by atoms with Crippen LogP contribution >= 0.6 is 11.3 Å². The third-order valence-electron chi connectivity index (χ3n) is 3.95. The van der Waals surface area contributed by atoms with Crippen molar-refractivity contribution in [3.63, 3.8) is 0 Å². The molecule has 0 aliphatic rings. The molecule has 0 atom stereocenters. The molecule has 2 aromatic carbocycles. The quantitative estimate of drug-likeness (QED) is 0.613. The highest BCUT2D eigenvalue weighted by Crippen LogP contribution is 2.24. The summed E-state index contributed by atoms with van der Waals surface area (Å²) in [6.07, 6.45) is 0.683. The van der Waals surface area contributed by atoms with E-state index in [2.05, 4.69) is 46.8 Å². The van der Waals surface area contributed by atoms with Gasteiger partial charge in [-0.05, 0) is 26.0 Å². The number of anilines is 1. The molecule has 0 saturated heterocycles. The lowest BCUT2D eigenvalue weighted by molar-refractivity contribution is 0.252. The number of carbonyl (C=O) groups is 1. The predicted octanol–water partition coefficient (Wildman–Crippen LogP) is 4.88. The third kappa shape index (κ3) is 5.31. The van der Waals surface area contributed by atoms with Crippen LogP contribution in [0, 0.1) is 6.92 Å². The lowest BCUT2D eigenvalue weighted by Crippen LogP contribution is -2.30. The highest BCUT2D eigenvalue weighted by atomic mass is 32.1. The first kappa shape index (κ1) is 18.9. The van der Waals surface area contributed by atoms with Crippen LogP contribution in [0.1, 0.15) is 18.2 Å². The van der Waals surface area contributed by atoms with Crippen LogP contribution in [0.3, 0.4) is 0 Å². The number of thiazole rings is 1. The van der Waals surface area contributed by atoms with Crippen molar-refractivity contribution in [3.8, 4) is 16.3 Å². The number of aryl methyl sites for hydroxylation is 1. The SMILES string of the molecule is CCOc1ccccc1NC(=O)NCCc1csc(-c2ccc(C)cc2)n1. The summed E-state index contributed by atoms with van der Waals surface area (Å²) in [6, 6.07) is 15.5. The van der Waals surface area contributed by atoms with E-state index >= 15 is 0 Å². The smallest absolute Gasteiger partial charge is 0.319 e. The first-order valence-electron chi connectivity index (χ1n) is 8.94. The summed E-state index contributed by atoms with van der Waals surface area (Å²) in [7, 11) is 0. The van der Waals surface area contributed by atoms with Crippen molar-refractivity contribution >= 4 is 23.1 Å². The maximum absolute atomic E-state index is 12.1. The minimum Gasteiger partial charge on any atom is -0.492 e. The zero-order valence-corrected chi connectivity index (χ0v) is 16.3. The molecule has 2 amide bonds. The summed E-state index contributed by atoms with van der Waals surface area (Å²) in [6.45, 7) is 5.04. The zero-order chi connectivity index (χ0) is 19.1. The Balaban J connectivity index is 1.50. The predicted molar refractivity (Wildman–Crippen MR) is 111 cm³/mol. The molecule has 0 saturated carbocycles. The van der Waals surface area contributed by atoms with Crippen LogP contribution in [0.25, 0.3) is 10.6 Å². The van der Waals surface area contributed by atoms with Crippen molar-refractivity contribution in [2.75, 3.05) is 18.5 Å². The molecule has 6 heteroatoms. The molecule has 5 nitrogen and oxygen atoms in total. The summed E-state index contributed by atoms with van der Waals surface area (Å²) in [5.41, 5.74) is 3.99. The summed E-state index contributed by atoms with van der Waals surface area (Å²) in [4.78, 5) is 16.8. The van der Waals surface area contributed by atoms with Crippen molar-refractivity contribution in [2.24, 2.45) is 0 Å². The van der Waals surface area contributed by atoms with Gasteiger partial charge < -0.3 is 15.4 Å². The Hall–Kier alpha value is -2.86. The molecule has 27 heavy (non-hydrogen) atoms. The number of hydrogen-bond acceptors (Lipinski definition) is 4. The van der Waals surface area contributed by atoms with Gasteiger partial charge in [0.15, 0.2) is 0 Å². The highest BCUT2D eigenvalue weighted by Gasteiger charge is 2.08. The fraction of sp³-hybridized carbons (Fsp3) is 0.238.